The molecule has 164 valence electrons. The van der Waals surface area contributed by atoms with Gasteiger partial charge >= 0.3 is 0 Å². The van der Waals surface area contributed by atoms with E-state index in [4.69, 9.17) is 4.74 Å². The molecule has 0 aliphatic rings. The molecule has 1 N–H and O–H groups in total. The lowest BCUT2D eigenvalue weighted by Crippen LogP contribution is -2.14. The van der Waals surface area contributed by atoms with Gasteiger partial charge in [-0.2, -0.15) is 5.26 Å². The van der Waals surface area contributed by atoms with Crippen LogP contribution in [-0.4, -0.2) is 22.1 Å². The predicted octanol–water partition coefficient (Wildman–Crippen LogP) is 5.54. The Morgan fingerprint density at radius 3 is 2.82 bits per heavy atom. The number of aromatic nitrogens is 2. The van der Waals surface area contributed by atoms with E-state index in [1.807, 2.05) is 95.9 Å². The van der Waals surface area contributed by atoms with E-state index in [1.165, 1.54) is 11.3 Å². The van der Waals surface area contributed by atoms with Gasteiger partial charge in [0.15, 0.2) is 5.13 Å². The van der Waals surface area contributed by atoms with Gasteiger partial charge in [-0.1, -0.05) is 42.5 Å². The summed E-state index contributed by atoms with van der Waals surface area (Å²) in [6.45, 7) is 3.07. The average Bonchev–Trinajstić information content (AvgIpc) is 3.47. The first kappa shape index (κ1) is 22.1. The minimum absolute atomic E-state index is 0.00557. The third-order valence-electron chi connectivity index (χ3n) is 4.91. The molecule has 0 aliphatic carbocycles. The molecule has 6 nitrogen and oxygen atoms in total. The molecular weight excluding hydrogens is 432 g/mol. The zero-order chi connectivity index (χ0) is 23.0. The number of amides is 1. The van der Waals surface area contributed by atoms with Crippen LogP contribution in [0.2, 0.25) is 0 Å². The molecule has 0 spiro atoms. The van der Waals surface area contributed by atoms with Gasteiger partial charge in [0.1, 0.15) is 24.0 Å². The van der Waals surface area contributed by atoms with Crippen LogP contribution < -0.4 is 10.1 Å². The largest absolute Gasteiger partial charge is 0.492 e. The summed E-state index contributed by atoms with van der Waals surface area (Å²) in [5.74, 6) is 0.324. The number of rotatable bonds is 8. The fraction of sp³-hybridized carbons (Fsp3) is 0.115. The molecule has 0 radical (unpaired) electrons. The van der Waals surface area contributed by atoms with Crippen LogP contribution >= 0.6 is 11.3 Å². The van der Waals surface area contributed by atoms with Crippen molar-refractivity contribution in [2.75, 3.05) is 11.9 Å². The highest BCUT2D eigenvalue weighted by Crippen LogP contribution is 2.25. The number of nitriles is 1. The van der Waals surface area contributed by atoms with E-state index in [2.05, 4.69) is 10.3 Å². The predicted molar refractivity (Wildman–Crippen MR) is 131 cm³/mol. The number of nitrogens with zero attached hydrogens (tertiary/aromatic N) is 3. The van der Waals surface area contributed by atoms with Gasteiger partial charge in [-0.05, 0) is 42.8 Å². The normalized spacial score (nSPS) is 11.1. The standard InChI is InChI=1S/C26H22N4O2S/c1-19-7-5-11-23(15-19)32-14-13-30-12-6-10-22(30)16-21(17-27)25(31)29-26-28-24(18-33-26)20-8-3-2-4-9-20/h2-12,15-16,18H,13-14H2,1H3,(H,28,29,31)/b21-16-. The lowest BCUT2D eigenvalue weighted by atomic mass is 10.2. The maximum absolute atomic E-state index is 12.7. The van der Waals surface area contributed by atoms with Gasteiger partial charge in [-0.25, -0.2) is 4.98 Å². The molecule has 4 aromatic rings. The maximum Gasteiger partial charge on any atom is 0.268 e. The van der Waals surface area contributed by atoms with Gasteiger partial charge in [0.2, 0.25) is 0 Å². The molecule has 4 rings (SSSR count). The number of hydrogen-bond donors (Lipinski definition) is 1. The summed E-state index contributed by atoms with van der Waals surface area (Å²) in [7, 11) is 0. The molecular formula is C26H22N4O2S. The first-order valence-corrected chi connectivity index (χ1v) is 11.3. The minimum atomic E-state index is -0.491. The molecule has 2 heterocycles. The SMILES string of the molecule is Cc1cccc(OCCn2cccc2/C=C(/C#N)C(=O)Nc2nc(-c3ccccc3)cs2)c1. The molecule has 1 amide bonds. The first-order valence-electron chi connectivity index (χ1n) is 10.4. The fourth-order valence-corrected chi connectivity index (χ4v) is 3.98. The van der Waals surface area contributed by atoms with Gasteiger partial charge in [-0.3, -0.25) is 10.1 Å². The van der Waals surface area contributed by atoms with Gasteiger partial charge < -0.3 is 9.30 Å². The van der Waals surface area contributed by atoms with E-state index in [9.17, 15) is 10.1 Å². The number of aryl methyl sites for hydroxylation is 1. The van der Waals surface area contributed by atoms with Crippen molar-refractivity contribution in [3.05, 3.63) is 95.1 Å². The number of nitrogens with one attached hydrogen (secondary N) is 1. The molecule has 0 saturated carbocycles. The topological polar surface area (TPSA) is 79.9 Å². The molecule has 2 aromatic carbocycles. The van der Waals surface area contributed by atoms with Crippen LogP contribution in [0.4, 0.5) is 5.13 Å². The van der Waals surface area contributed by atoms with Crippen molar-refractivity contribution in [1.29, 1.82) is 5.26 Å². The van der Waals surface area contributed by atoms with Crippen LogP contribution in [0.5, 0.6) is 5.75 Å². The average molecular weight is 455 g/mol. The summed E-state index contributed by atoms with van der Waals surface area (Å²) < 4.78 is 7.76. The zero-order valence-electron chi connectivity index (χ0n) is 18.1. The second-order valence-electron chi connectivity index (χ2n) is 7.32. The number of anilines is 1. The summed E-state index contributed by atoms with van der Waals surface area (Å²) in [4.78, 5) is 17.1. The smallest absolute Gasteiger partial charge is 0.268 e. The summed E-state index contributed by atoms with van der Waals surface area (Å²) in [6.07, 6.45) is 3.47. The Bertz CT molecular complexity index is 1320. The van der Waals surface area contributed by atoms with Gasteiger partial charge in [0.05, 0.1) is 12.2 Å². The number of carbonyl (C=O) groups excluding carboxylic acids is 1. The van der Waals surface area contributed by atoms with E-state index in [0.717, 1.165) is 28.3 Å². The summed E-state index contributed by atoms with van der Waals surface area (Å²) >= 11 is 1.32. The fourth-order valence-electron chi connectivity index (χ4n) is 3.26. The Labute approximate surface area is 196 Å². The van der Waals surface area contributed by atoms with E-state index in [0.29, 0.717) is 18.3 Å². The number of ether oxygens (including phenoxy) is 1. The van der Waals surface area contributed by atoms with Crippen molar-refractivity contribution in [2.45, 2.75) is 13.5 Å². The molecule has 2 aromatic heterocycles. The van der Waals surface area contributed by atoms with Crippen LogP contribution in [0.1, 0.15) is 11.3 Å². The quantitative estimate of drug-likeness (QED) is 0.280. The number of hydrogen-bond acceptors (Lipinski definition) is 5. The molecule has 0 fully saturated rings. The maximum atomic E-state index is 12.7. The lowest BCUT2D eigenvalue weighted by Gasteiger charge is -2.10. The van der Waals surface area contributed by atoms with Crippen molar-refractivity contribution in [2.24, 2.45) is 0 Å². The minimum Gasteiger partial charge on any atom is -0.492 e. The Hall–Kier alpha value is -4.15. The van der Waals surface area contributed by atoms with Crippen molar-refractivity contribution in [1.82, 2.24) is 9.55 Å². The Balaban J connectivity index is 1.41. The Morgan fingerprint density at radius 2 is 2.03 bits per heavy atom. The van der Waals surface area contributed by atoms with Crippen molar-refractivity contribution >= 4 is 28.5 Å². The van der Waals surface area contributed by atoms with Gasteiger partial charge in [0.25, 0.3) is 5.91 Å². The number of thiazole rings is 1. The van der Waals surface area contributed by atoms with Crippen LogP contribution in [0, 0.1) is 18.3 Å². The second-order valence-corrected chi connectivity index (χ2v) is 8.18. The van der Waals surface area contributed by atoms with E-state index in [1.54, 1.807) is 6.08 Å². The summed E-state index contributed by atoms with van der Waals surface area (Å²) in [5, 5.41) is 14.6. The van der Waals surface area contributed by atoms with Crippen molar-refractivity contribution < 1.29 is 9.53 Å². The second kappa shape index (κ2) is 10.4. The molecule has 0 saturated heterocycles. The summed E-state index contributed by atoms with van der Waals surface area (Å²) in [5.41, 5.74) is 3.64. The number of benzene rings is 2. The summed E-state index contributed by atoms with van der Waals surface area (Å²) in [6, 6.07) is 23.3. The molecule has 0 bridgehead atoms. The molecule has 0 unspecified atom stereocenters. The number of carbonyl (C=O) groups is 1. The Morgan fingerprint density at radius 1 is 1.18 bits per heavy atom. The molecule has 7 heteroatoms. The van der Waals surface area contributed by atoms with Gasteiger partial charge in [-0.15, -0.1) is 11.3 Å². The monoisotopic (exact) mass is 454 g/mol. The van der Waals surface area contributed by atoms with E-state index >= 15 is 0 Å². The van der Waals surface area contributed by atoms with Crippen LogP contribution in [0.15, 0.2) is 83.9 Å². The highest BCUT2D eigenvalue weighted by atomic mass is 32.1. The third-order valence-corrected chi connectivity index (χ3v) is 5.66. The molecule has 33 heavy (non-hydrogen) atoms. The lowest BCUT2D eigenvalue weighted by molar-refractivity contribution is -0.112. The van der Waals surface area contributed by atoms with Gasteiger partial charge in [0, 0.05) is 22.8 Å². The van der Waals surface area contributed by atoms with E-state index in [-0.39, 0.29) is 5.57 Å². The first-order chi connectivity index (χ1) is 16.1. The zero-order valence-corrected chi connectivity index (χ0v) is 18.9. The highest BCUT2D eigenvalue weighted by Gasteiger charge is 2.13. The van der Waals surface area contributed by atoms with Crippen LogP contribution in [0.25, 0.3) is 17.3 Å². The highest BCUT2D eigenvalue weighted by molar-refractivity contribution is 7.14. The van der Waals surface area contributed by atoms with Crippen molar-refractivity contribution in [3.8, 4) is 23.1 Å². The molecule has 0 atom stereocenters. The van der Waals surface area contributed by atoms with Crippen molar-refractivity contribution in [3.63, 3.8) is 0 Å². The van der Waals surface area contributed by atoms with Crippen LogP contribution in [-0.2, 0) is 11.3 Å². The van der Waals surface area contributed by atoms with E-state index < -0.39 is 5.91 Å². The Kier molecular flexibility index (Phi) is 6.98. The third kappa shape index (κ3) is 5.76. The molecule has 0 aliphatic heterocycles. The van der Waals surface area contributed by atoms with Crippen LogP contribution in [0.3, 0.4) is 0 Å².